The van der Waals surface area contributed by atoms with Crippen molar-refractivity contribution in [3.05, 3.63) is 18.0 Å². The highest BCUT2D eigenvalue weighted by Gasteiger charge is 2.55. The maximum absolute atomic E-state index is 13.3. The van der Waals surface area contributed by atoms with Crippen molar-refractivity contribution in [1.82, 2.24) is 20.0 Å². The van der Waals surface area contributed by atoms with Crippen LogP contribution in [0.5, 0.6) is 0 Å². The van der Waals surface area contributed by atoms with Crippen molar-refractivity contribution in [2.75, 3.05) is 0 Å². The van der Waals surface area contributed by atoms with Gasteiger partial charge in [0.05, 0.1) is 5.69 Å². The number of hydrogen-bond acceptors (Lipinski definition) is 3. The van der Waals surface area contributed by atoms with Crippen molar-refractivity contribution in [1.29, 1.82) is 0 Å². The van der Waals surface area contributed by atoms with E-state index in [0.29, 0.717) is 31.4 Å². The lowest BCUT2D eigenvalue weighted by atomic mass is 9.83. The highest BCUT2D eigenvalue weighted by molar-refractivity contribution is 5.76. The molecule has 3 heterocycles. The third-order valence-electron chi connectivity index (χ3n) is 6.01. The van der Waals surface area contributed by atoms with Crippen LogP contribution in [0.2, 0.25) is 0 Å². The van der Waals surface area contributed by atoms with Gasteiger partial charge in [0.25, 0.3) is 0 Å². The minimum atomic E-state index is -4.53. The molecule has 1 aromatic rings. The molecule has 2 aliphatic heterocycles. The predicted octanol–water partition coefficient (Wildman–Crippen LogP) is 2.68. The molecule has 2 unspecified atom stereocenters. The van der Waals surface area contributed by atoms with Crippen LogP contribution >= 0.6 is 0 Å². The van der Waals surface area contributed by atoms with Crippen molar-refractivity contribution in [3.8, 4) is 0 Å². The number of aliphatic hydroxyl groups is 1. The van der Waals surface area contributed by atoms with Gasteiger partial charge in [-0.3, -0.25) is 4.68 Å². The van der Waals surface area contributed by atoms with Crippen molar-refractivity contribution in [2.24, 2.45) is 7.05 Å². The van der Waals surface area contributed by atoms with E-state index in [1.807, 2.05) is 0 Å². The lowest BCUT2D eigenvalue weighted by Crippen LogP contribution is -2.62. The molecule has 1 aromatic heterocycles. The second-order valence-corrected chi connectivity index (χ2v) is 7.69. The van der Waals surface area contributed by atoms with Gasteiger partial charge < -0.3 is 15.3 Å². The van der Waals surface area contributed by atoms with Crippen LogP contribution in [0.15, 0.2) is 12.3 Å². The van der Waals surface area contributed by atoms with Gasteiger partial charge >= 0.3 is 12.2 Å². The zero-order chi connectivity index (χ0) is 19.3. The molecule has 9 heteroatoms. The zero-order valence-electron chi connectivity index (χ0n) is 15.2. The van der Waals surface area contributed by atoms with Crippen molar-refractivity contribution >= 4 is 6.03 Å². The lowest BCUT2D eigenvalue weighted by molar-refractivity contribution is -0.189. The highest BCUT2D eigenvalue weighted by Crippen LogP contribution is 2.46. The SMILES string of the molecule is CCC(C)(NC(=O)N1[C@@H]2CC[C@H]1CC(O)(c1ccnn1C)C2)C(F)(F)F. The van der Waals surface area contributed by atoms with E-state index in [9.17, 15) is 23.1 Å². The molecule has 0 radical (unpaired) electrons. The largest absolute Gasteiger partial charge is 0.411 e. The van der Waals surface area contributed by atoms with Gasteiger partial charge in [-0.05, 0) is 32.3 Å². The average Bonchev–Trinajstić information content (AvgIpc) is 3.09. The number of carbonyl (C=O) groups excluding carboxylic acids is 1. The second-order valence-electron chi connectivity index (χ2n) is 7.69. The number of fused-ring (bicyclic) bond motifs is 2. The van der Waals surface area contributed by atoms with Crippen molar-refractivity contribution in [2.45, 2.75) is 75.4 Å². The summed E-state index contributed by atoms with van der Waals surface area (Å²) in [5.74, 6) is 0. The zero-order valence-corrected chi connectivity index (χ0v) is 15.2. The number of amides is 2. The highest BCUT2D eigenvalue weighted by atomic mass is 19.4. The van der Waals surface area contributed by atoms with E-state index in [1.54, 1.807) is 24.0 Å². The fraction of sp³-hybridized carbons (Fsp3) is 0.765. The van der Waals surface area contributed by atoms with Crippen molar-refractivity contribution < 1.29 is 23.1 Å². The first kappa shape index (κ1) is 19.0. The summed E-state index contributed by atoms with van der Waals surface area (Å²) >= 11 is 0. The second kappa shape index (κ2) is 6.14. The van der Waals surface area contributed by atoms with Gasteiger partial charge in [0.1, 0.15) is 11.1 Å². The lowest BCUT2D eigenvalue weighted by Gasteiger charge is -2.45. The van der Waals surface area contributed by atoms with Crippen LogP contribution in [0.25, 0.3) is 0 Å². The van der Waals surface area contributed by atoms with Gasteiger partial charge in [-0.15, -0.1) is 0 Å². The molecular formula is C17H25F3N4O2. The van der Waals surface area contributed by atoms with Crippen LogP contribution in [0, 0.1) is 0 Å². The quantitative estimate of drug-likeness (QED) is 0.855. The molecule has 0 aromatic carbocycles. The van der Waals surface area contributed by atoms with Crippen LogP contribution < -0.4 is 5.32 Å². The summed E-state index contributed by atoms with van der Waals surface area (Å²) in [4.78, 5) is 14.2. The Kier molecular flexibility index (Phi) is 4.49. The van der Waals surface area contributed by atoms with Crippen molar-refractivity contribution in [3.63, 3.8) is 0 Å². The number of rotatable bonds is 3. The van der Waals surface area contributed by atoms with Gasteiger partial charge in [-0.25, -0.2) is 4.79 Å². The maximum Gasteiger partial charge on any atom is 0.411 e. The number of piperidine rings is 1. The fourth-order valence-electron chi connectivity index (χ4n) is 4.26. The van der Waals surface area contributed by atoms with Crippen LogP contribution in [-0.2, 0) is 12.6 Å². The monoisotopic (exact) mass is 374 g/mol. The normalized spacial score (nSPS) is 31.0. The van der Waals surface area contributed by atoms with E-state index < -0.39 is 23.3 Å². The summed E-state index contributed by atoms with van der Waals surface area (Å²) in [5.41, 5.74) is -2.71. The van der Waals surface area contributed by atoms with E-state index in [2.05, 4.69) is 10.4 Å². The summed E-state index contributed by atoms with van der Waals surface area (Å²) < 4.78 is 41.5. The molecule has 2 saturated heterocycles. The molecule has 3 rings (SSSR count). The molecule has 26 heavy (non-hydrogen) atoms. The third kappa shape index (κ3) is 2.95. The molecule has 0 aliphatic carbocycles. The molecule has 6 nitrogen and oxygen atoms in total. The molecule has 146 valence electrons. The summed E-state index contributed by atoms with van der Waals surface area (Å²) in [6.07, 6.45) is -1.23. The number of carbonyl (C=O) groups is 1. The first-order valence-electron chi connectivity index (χ1n) is 8.89. The number of aromatic nitrogens is 2. The Morgan fingerprint density at radius 2 is 1.96 bits per heavy atom. The van der Waals surface area contributed by atoms with E-state index in [1.165, 1.54) is 11.8 Å². The Hall–Kier alpha value is -1.77. The number of hydrogen-bond donors (Lipinski definition) is 2. The van der Waals surface area contributed by atoms with Gasteiger partial charge in [0.2, 0.25) is 0 Å². The van der Waals surface area contributed by atoms with E-state index in [4.69, 9.17) is 0 Å². The van der Waals surface area contributed by atoms with Gasteiger partial charge in [0, 0.05) is 38.2 Å². The number of nitrogens with zero attached hydrogens (tertiary/aromatic N) is 3. The Morgan fingerprint density at radius 1 is 1.38 bits per heavy atom. The fourth-order valence-corrected chi connectivity index (χ4v) is 4.26. The Bertz CT molecular complexity index is 676. The molecule has 2 fully saturated rings. The number of halogens is 3. The molecule has 2 bridgehead atoms. The molecule has 2 N–H and O–H groups in total. The topological polar surface area (TPSA) is 70.4 Å². The Balaban J connectivity index is 1.78. The number of urea groups is 1. The summed E-state index contributed by atoms with van der Waals surface area (Å²) in [5, 5.41) is 17.4. The molecule has 2 aliphatic rings. The number of nitrogens with one attached hydrogen (secondary N) is 1. The molecule has 0 spiro atoms. The van der Waals surface area contributed by atoms with Crippen LogP contribution in [0.3, 0.4) is 0 Å². The van der Waals surface area contributed by atoms with Gasteiger partial charge in [0.15, 0.2) is 0 Å². The number of alkyl halides is 3. The smallest absolute Gasteiger partial charge is 0.383 e. The van der Waals surface area contributed by atoms with E-state index in [0.717, 1.165) is 6.92 Å². The third-order valence-corrected chi connectivity index (χ3v) is 6.01. The maximum atomic E-state index is 13.3. The minimum Gasteiger partial charge on any atom is -0.383 e. The molecule has 0 saturated carbocycles. The van der Waals surface area contributed by atoms with Crippen LogP contribution in [-0.4, -0.2) is 49.6 Å². The summed E-state index contributed by atoms with van der Waals surface area (Å²) in [6.45, 7) is 2.41. The van der Waals surface area contributed by atoms with E-state index in [-0.39, 0.29) is 18.5 Å². The summed E-state index contributed by atoms with van der Waals surface area (Å²) in [6, 6.07) is 0.463. The van der Waals surface area contributed by atoms with Gasteiger partial charge in [-0.1, -0.05) is 6.92 Å². The summed E-state index contributed by atoms with van der Waals surface area (Å²) in [7, 11) is 1.74. The van der Waals surface area contributed by atoms with Crippen LogP contribution in [0.4, 0.5) is 18.0 Å². The minimum absolute atomic E-state index is 0.246. The molecule has 2 amide bonds. The van der Waals surface area contributed by atoms with Gasteiger partial charge in [-0.2, -0.15) is 18.3 Å². The first-order valence-corrected chi connectivity index (χ1v) is 8.89. The standard InChI is InChI=1S/C17H25F3N4O2/c1-4-15(2,17(18,19)20)22-14(25)24-11-5-6-12(24)10-16(26,9-11)13-7-8-21-23(13)3/h7-8,11-12,26H,4-6,9-10H2,1-3H3,(H,22,25)/t11-,12+,15?,16?. The molecule has 4 atom stereocenters. The average molecular weight is 374 g/mol. The van der Waals surface area contributed by atoms with E-state index >= 15 is 0 Å². The molecular weight excluding hydrogens is 349 g/mol. The Morgan fingerprint density at radius 3 is 2.38 bits per heavy atom. The predicted molar refractivity (Wildman–Crippen MR) is 88.3 cm³/mol. The Labute approximate surface area is 150 Å². The first-order chi connectivity index (χ1) is 12.0. The number of aryl methyl sites for hydroxylation is 1. The van der Waals surface area contributed by atoms with Crippen LogP contribution in [0.1, 0.15) is 51.6 Å².